The highest BCUT2D eigenvalue weighted by molar-refractivity contribution is 6.08. The Bertz CT molecular complexity index is 2230. The molecule has 11 rings (SSSR count). The van der Waals surface area contributed by atoms with Gasteiger partial charge in [-0.15, -0.1) is 0 Å². The van der Waals surface area contributed by atoms with Crippen molar-refractivity contribution in [1.82, 2.24) is 0 Å². The van der Waals surface area contributed by atoms with Crippen molar-refractivity contribution in [1.29, 1.82) is 0 Å². The molecule has 3 nitrogen and oxygen atoms in total. The van der Waals surface area contributed by atoms with Crippen LogP contribution in [0.5, 0.6) is 5.75 Å². The highest BCUT2D eigenvalue weighted by atomic mass is 16.5. The lowest BCUT2D eigenvalue weighted by molar-refractivity contribution is -0.0258. The first-order chi connectivity index (χ1) is 27.7. The van der Waals surface area contributed by atoms with E-state index in [1.54, 1.807) is 11.1 Å². The van der Waals surface area contributed by atoms with Crippen LogP contribution in [0.25, 0.3) is 28.0 Å². The molecule has 0 amide bonds. The van der Waals surface area contributed by atoms with Gasteiger partial charge in [-0.1, -0.05) is 136 Å². The van der Waals surface area contributed by atoms with Gasteiger partial charge in [-0.3, -0.25) is 0 Å². The molecule has 6 aliphatic rings. The van der Waals surface area contributed by atoms with Gasteiger partial charge in [-0.2, -0.15) is 0 Å². The fourth-order valence-corrected chi connectivity index (χ4v) is 13.2. The van der Waals surface area contributed by atoms with Crippen molar-refractivity contribution in [2.45, 2.75) is 101 Å². The molecule has 0 aromatic heterocycles. The standard InChI is InChI=1S/C53H57NO2/c1-4-14-38(15-5-1)51(39-16-6-2-7-17-39)30-32-52(33-31-51)47-23-13-12-22-45(47)48-43-20-10-11-21-44(43)50-46(49(48)52)28-29-53(56-50,40-18-8-3-9-19-40)41-24-26-42(27-25-41)54-34-36-55-37-35-54/h3,8-13,18-29,38-39H,1-2,4-7,14-17,30-37H2. The molecule has 2 heterocycles. The average Bonchev–Trinajstić information content (AvgIpc) is 3.57. The van der Waals surface area contributed by atoms with E-state index in [1.807, 2.05) is 0 Å². The van der Waals surface area contributed by atoms with Crippen molar-refractivity contribution in [2.24, 2.45) is 17.3 Å². The molecule has 1 atom stereocenters. The summed E-state index contributed by atoms with van der Waals surface area (Å²) >= 11 is 0. The van der Waals surface area contributed by atoms with Crippen molar-refractivity contribution >= 4 is 22.5 Å². The summed E-state index contributed by atoms with van der Waals surface area (Å²) in [5, 5.41) is 2.55. The van der Waals surface area contributed by atoms with E-state index in [0.717, 1.165) is 55.0 Å². The lowest BCUT2D eigenvalue weighted by Gasteiger charge is -2.55. The highest BCUT2D eigenvalue weighted by Crippen LogP contribution is 2.67. The van der Waals surface area contributed by atoms with Gasteiger partial charge in [0.1, 0.15) is 5.75 Å². The molecule has 0 N–H and O–H groups in total. The maximum absolute atomic E-state index is 7.76. The first kappa shape index (κ1) is 34.9. The van der Waals surface area contributed by atoms with Gasteiger partial charge in [0.15, 0.2) is 5.60 Å². The Labute approximate surface area is 334 Å². The molecule has 1 saturated heterocycles. The van der Waals surface area contributed by atoms with E-state index in [-0.39, 0.29) is 5.41 Å². The smallest absolute Gasteiger partial charge is 0.178 e. The predicted molar refractivity (Wildman–Crippen MR) is 231 cm³/mol. The highest BCUT2D eigenvalue weighted by Gasteiger charge is 2.55. The minimum absolute atomic E-state index is 0.00682. The molecule has 1 spiro atoms. The Hall–Kier alpha value is -4.34. The van der Waals surface area contributed by atoms with Crippen LogP contribution < -0.4 is 9.64 Å². The Kier molecular flexibility index (Phi) is 8.68. The second kappa shape index (κ2) is 13.9. The van der Waals surface area contributed by atoms with E-state index in [4.69, 9.17) is 9.47 Å². The van der Waals surface area contributed by atoms with Crippen LogP contribution in [-0.4, -0.2) is 26.3 Å². The second-order valence-corrected chi connectivity index (χ2v) is 18.3. The van der Waals surface area contributed by atoms with Gasteiger partial charge in [0.25, 0.3) is 0 Å². The number of rotatable bonds is 5. The SMILES string of the molecule is C1=CC(c2ccccc2)(c2ccc(N3CCOCC3)cc2)Oc2c1c1c(c3ccccc23)-c2ccccc2C12CCC(C1CCCCC1)(C1CCCCC1)CC2. The number of morpholine rings is 1. The Balaban J connectivity index is 1.07. The maximum Gasteiger partial charge on any atom is 0.178 e. The summed E-state index contributed by atoms with van der Waals surface area (Å²) in [6.45, 7) is 3.42. The molecule has 286 valence electrons. The first-order valence-corrected chi connectivity index (χ1v) is 22.3. The zero-order valence-corrected chi connectivity index (χ0v) is 33.1. The first-order valence-electron chi connectivity index (χ1n) is 22.3. The number of hydrogen-bond acceptors (Lipinski definition) is 3. The molecule has 0 bridgehead atoms. The van der Waals surface area contributed by atoms with Crippen LogP contribution in [0.2, 0.25) is 0 Å². The van der Waals surface area contributed by atoms with Gasteiger partial charge in [0.05, 0.1) is 13.2 Å². The van der Waals surface area contributed by atoms with E-state index in [0.29, 0.717) is 5.41 Å². The third kappa shape index (κ3) is 5.32. The van der Waals surface area contributed by atoms with Crippen molar-refractivity contribution in [3.8, 4) is 16.9 Å². The Morgan fingerprint density at radius 2 is 1.18 bits per heavy atom. The van der Waals surface area contributed by atoms with E-state index in [1.165, 1.54) is 123 Å². The van der Waals surface area contributed by atoms with E-state index in [2.05, 4.69) is 120 Å². The fraction of sp³-hybridized carbons (Fsp3) is 0.434. The summed E-state index contributed by atoms with van der Waals surface area (Å²) in [6, 6.07) is 38.8. The second-order valence-electron chi connectivity index (χ2n) is 18.3. The fourth-order valence-electron chi connectivity index (χ4n) is 13.2. The maximum atomic E-state index is 7.76. The Morgan fingerprint density at radius 1 is 0.571 bits per heavy atom. The van der Waals surface area contributed by atoms with Crippen LogP contribution in [0.4, 0.5) is 5.69 Å². The number of anilines is 1. The van der Waals surface area contributed by atoms with Crippen LogP contribution in [-0.2, 0) is 15.8 Å². The number of benzene rings is 5. The zero-order valence-electron chi connectivity index (χ0n) is 33.1. The van der Waals surface area contributed by atoms with Gasteiger partial charge in [0, 0.05) is 46.3 Å². The molecule has 4 aliphatic carbocycles. The van der Waals surface area contributed by atoms with E-state index in [9.17, 15) is 0 Å². The van der Waals surface area contributed by atoms with Crippen LogP contribution in [0, 0.1) is 17.3 Å². The third-order valence-corrected chi connectivity index (χ3v) is 15.9. The van der Waals surface area contributed by atoms with Gasteiger partial charge < -0.3 is 14.4 Å². The Morgan fingerprint density at radius 3 is 1.88 bits per heavy atom. The minimum Gasteiger partial charge on any atom is -0.472 e. The van der Waals surface area contributed by atoms with Gasteiger partial charge in [-0.25, -0.2) is 0 Å². The lowest BCUT2D eigenvalue weighted by Crippen LogP contribution is -2.47. The van der Waals surface area contributed by atoms with Crippen LogP contribution in [0.15, 0.2) is 109 Å². The largest absolute Gasteiger partial charge is 0.472 e. The number of ether oxygens (including phenoxy) is 2. The molecular formula is C53H57NO2. The molecule has 56 heavy (non-hydrogen) atoms. The topological polar surface area (TPSA) is 21.7 Å². The summed E-state index contributed by atoms with van der Waals surface area (Å²) in [6.07, 6.45) is 24.6. The molecule has 2 aliphatic heterocycles. The molecule has 5 aromatic rings. The molecule has 3 saturated carbocycles. The summed E-state index contributed by atoms with van der Waals surface area (Å²) in [5.41, 5.74) is 10.7. The number of fused-ring (bicyclic) bond motifs is 10. The van der Waals surface area contributed by atoms with Gasteiger partial charge in [-0.05, 0) is 114 Å². The van der Waals surface area contributed by atoms with E-state index >= 15 is 0 Å². The van der Waals surface area contributed by atoms with E-state index < -0.39 is 5.60 Å². The normalized spacial score (nSPS) is 24.4. The van der Waals surface area contributed by atoms with Crippen molar-refractivity contribution in [2.75, 3.05) is 31.2 Å². The third-order valence-electron chi connectivity index (χ3n) is 15.9. The number of nitrogens with zero attached hydrogens (tertiary/aromatic N) is 1. The summed E-state index contributed by atoms with van der Waals surface area (Å²) < 4.78 is 13.4. The molecule has 5 aromatic carbocycles. The quantitative estimate of drug-likeness (QED) is 0.179. The van der Waals surface area contributed by atoms with Gasteiger partial charge >= 0.3 is 0 Å². The molecule has 4 fully saturated rings. The molecular weight excluding hydrogens is 683 g/mol. The monoisotopic (exact) mass is 739 g/mol. The number of hydrogen-bond donors (Lipinski definition) is 0. The van der Waals surface area contributed by atoms with Crippen molar-refractivity contribution in [3.05, 3.63) is 137 Å². The minimum atomic E-state index is -0.753. The van der Waals surface area contributed by atoms with Crippen molar-refractivity contribution in [3.63, 3.8) is 0 Å². The summed E-state index contributed by atoms with van der Waals surface area (Å²) in [5.74, 6) is 2.86. The van der Waals surface area contributed by atoms with Crippen LogP contribution in [0.1, 0.15) is 118 Å². The molecule has 1 unspecified atom stereocenters. The predicted octanol–water partition coefficient (Wildman–Crippen LogP) is 13.0. The summed E-state index contributed by atoms with van der Waals surface area (Å²) in [7, 11) is 0. The molecule has 3 heteroatoms. The zero-order chi connectivity index (χ0) is 37.2. The van der Waals surface area contributed by atoms with Crippen LogP contribution in [0.3, 0.4) is 0 Å². The van der Waals surface area contributed by atoms with Crippen LogP contribution >= 0.6 is 0 Å². The van der Waals surface area contributed by atoms with Gasteiger partial charge in [0.2, 0.25) is 0 Å². The average molecular weight is 740 g/mol. The lowest BCUT2D eigenvalue weighted by atomic mass is 9.49. The summed E-state index contributed by atoms with van der Waals surface area (Å²) in [4.78, 5) is 2.44. The molecule has 0 radical (unpaired) electrons. The van der Waals surface area contributed by atoms with Crippen molar-refractivity contribution < 1.29 is 9.47 Å².